The largest absolute Gasteiger partial charge is 0.399 e. The Morgan fingerprint density at radius 3 is 2.67 bits per heavy atom. The summed E-state index contributed by atoms with van der Waals surface area (Å²) in [5.74, 6) is 0.0904. The van der Waals surface area contributed by atoms with E-state index in [1.165, 1.54) is 0 Å². The molecular weight excluding hydrogens is 324 g/mol. The molecule has 2 aromatic carbocycles. The van der Waals surface area contributed by atoms with E-state index in [0.29, 0.717) is 30.3 Å². The Labute approximate surface area is 147 Å². The molecule has 2 atom stereocenters. The standard InChI is InChI=1S/C19H21ClN2O2/c1-13-12-24-18(16-4-2-3-5-17(16)20)11-22(13)19(23)10-14-6-8-15(21)9-7-14/h2-9,13,18H,10-12,21H2,1H3. The minimum absolute atomic E-state index is 0.0463. The molecule has 24 heavy (non-hydrogen) atoms. The number of rotatable bonds is 3. The van der Waals surface area contributed by atoms with Crippen molar-refractivity contribution in [2.45, 2.75) is 25.5 Å². The van der Waals surface area contributed by atoms with Crippen molar-refractivity contribution in [2.24, 2.45) is 0 Å². The maximum absolute atomic E-state index is 12.7. The van der Waals surface area contributed by atoms with Gasteiger partial charge in [0.25, 0.3) is 0 Å². The predicted octanol–water partition coefficient (Wildman–Crippen LogP) is 3.45. The number of halogens is 1. The third kappa shape index (κ3) is 3.71. The van der Waals surface area contributed by atoms with Crippen molar-refractivity contribution >= 4 is 23.2 Å². The van der Waals surface area contributed by atoms with Crippen molar-refractivity contribution in [1.82, 2.24) is 4.90 Å². The molecule has 0 bridgehead atoms. The Morgan fingerprint density at radius 1 is 1.25 bits per heavy atom. The summed E-state index contributed by atoms with van der Waals surface area (Å²) < 4.78 is 5.91. The maximum Gasteiger partial charge on any atom is 0.227 e. The van der Waals surface area contributed by atoms with Gasteiger partial charge < -0.3 is 15.4 Å². The first-order valence-electron chi connectivity index (χ1n) is 8.04. The predicted molar refractivity (Wildman–Crippen MR) is 95.9 cm³/mol. The van der Waals surface area contributed by atoms with Gasteiger partial charge in [0.05, 0.1) is 25.6 Å². The molecule has 2 N–H and O–H groups in total. The van der Waals surface area contributed by atoms with Crippen molar-refractivity contribution in [3.8, 4) is 0 Å². The second kappa shape index (κ2) is 7.24. The topological polar surface area (TPSA) is 55.6 Å². The van der Waals surface area contributed by atoms with E-state index in [1.807, 2.05) is 60.4 Å². The lowest BCUT2D eigenvalue weighted by molar-refractivity contribution is -0.143. The van der Waals surface area contributed by atoms with Crippen LogP contribution in [0.3, 0.4) is 0 Å². The van der Waals surface area contributed by atoms with E-state index in [4.69, 9.17) is 22.1 Å². The summed E-state index contributed by atoms with van der Waals surface area (Å²) in [6, 6.07) is 15.1. The number of carbonyl (C=O) groups excluding carboxylic acids is 1. The number of anilines is 1. The molecule has 1 heterocycles. The molecule has 126 valence electrons. The van der Waals surface area contributed by atoms with E-state index in [2.05, 4.69) is 0 Å². The summed E-state index contributed by atoms with van der Waals surface area (Å²) in [5.41, 5.74) is 8.28. The van der Waals surface area contributed by atoms with Crippen LogP contribution in [0.25, 0.3) is 0 Å². The van der Waals surface area contributed by atoms with Crippen LogP contribution < -0.4 is 5.73 Å². The second-order valence-electron chi connectivity index (χ2n) is 6.16. The van der Waals surface area contributed by atoms with E-state index in [0.717, 1.165) is 11.1 Å². The molecule has 5 heteroatoms. The number of nitrogens with two attached hydrogens (primary N) is 1. The van der Waals surface area contributed by atoms with Crippen molar-refractivity contribution in [1.29, 1.82) is 0 Å². The lowest BCUT2D eigenvalue weighted by atomic mass is 10.0. The zero-order chi connectivity index (χ0) is 17.1. The van der Waals surface area contributed by atoms with Gasteiger partial charge in [0.1, 0.15) is 6.10 Å². The van der Waals surface area contributed by atoms with Gasteiger partial charge in [-0.2, -0.15) is 0 Å². The van der Waals surface area contributed by atoms with Gasteiger partial charge in [-0.05, 0) is 30.7 Å². The summed E-state index contributed by atoms with van der Waals surface area (Å²) in [7, 11) is 0. The van der Waals surface area contributed by atoms with Crippen molar-refractivity contribution in [3.63, 3.8) is 0 Å². The Balaban J connectivity index is 1.72. The smallest absolute Gasteiger partial charge is 0.227 e. The number of hydrogen-bond donors (Lipinski definition) is 1. The molecule has 0 aliphatic carbocycles. The van der Waals surface area contributed by atoms with E-state index < -0.39 is 0 Å². The number of carbonyl (C=O) groups is 1. The summed E-state index contributed by atoms with van der Waals surface area (Å²) in [4.78, 5) is 14.6. The van der Waals surface area contributed by atoms with Crippen LogP contribution in [0, 0.1) is 0 Å². The first-order chi connectivity index (χ1) is 11.5. The van der Waals surface area contributed by atoms with E-state index in [-0.39, 0.29) is 18.1 Å². The van der Waals surface area contributed by atoms with Crippen LogP contribution in [0.4, 0.5) is 5.69 Å². The number of nitrogen functional groups attached to an aromatic ring is 1. The van der Waals surface area contributed by atoms with E-state index in [1.54, 1.807) is 0 Å². The zero-order valence-electron chi connectivity index (χ0n) is 13.6. The minimum Gasteiger partial charge on any atom is -0.399 e. The van der Waals surface area contributed by atoms with Gasteiger partial charge in [-0.25, -0.2) is 0 Å². The van der Waals surface area contributed by atoms with Gasteiger partial charge >= 0.3 is 0 Å². The first-order valence-corrected chi connectivity index (χ1v) is 8.42. The van der Waals surface area contributed by atoms with Crippen molar-refractivity contribution in [3.05, 3.63) is 64.7 Å². The number of hydrogen-bond acceptors (Lipinski definition) is 3. The van der Waals surface area contributed by atoms with Gasteiger partial charge in [0.2, 0.25) is 5.91 Å². The van der Waals surface area contributed by atoms with Crippen LogP contribution in [0.5, 0.6) is 0 Å². The average Bonchev–Trinajstić information content (AvgIpc) is 2.58. The maximum atomic E-state index is 12.7. The molecule has 1 aliphatic heterocycles. The molecule has 0 spiro atoms. The molecule has 1 fully saturated rings. The van der Waals surface area contributed by atoms with Crippen molar-refractivity contribution in [2.75, 3.05) is 18.9 Å². The molecule has 0 radical (unpaired) electrons. The Kier molecular flexibility index (Phi) is 5.07. The molecule has 1 saturated heterocycles. The number of ether oxygens (including phenoxy) is 1. The quantitative estimate of drug-likeness (QED) is 0.867. The summed E-state index contributed by atoms with van der Waals surface area (Å²) in [5, 5.41) is 0.669. The third-order valence-electron chi connectivity index (χ3n) is 4.34. The average molecular weight is 345 g/mol. The van der Waals surface area contributed by atoms with Crippen molar-refractivity contribution < 1.29 is 9.53 Å². The Morgan fingerprint density at radius 2 is 1.96 bits per heavy atom. The fourth-order valence-corrected chi connectivity index (χ4v) is 3.20. The highest BCUT2D eigenvalue weighted by Gasteiger charge is 2.31. The summed E-state index contributed by atoms with van der Waals surface area (Å²) >= 11 is 6.27. The van der Waals surface area contributed by atoms with Gasteiger partial charge in [0.15, 0.2) is 0 Å². The highest BCUT2D eigenvalue weighted by atomic mass is 35.5. The van der Waals surface area contributed by atoms with E-state index in [9.17, 15) is 4.79 Å². The molecular formula is C19H21ClN2O2. The van der Waals surface area contributed by atoms with Gasteiger partial charge in [-0.1, -0.05) is 41.9 Å². The normalized spacial score (nSPS) is 20.8. The van der Waals surface area contributed by atoms with Crippen LogP contribution in [0.1, 0.15) is 24.2 Å². The molecule has 3 rings (SSSR count). The van der Waals surface area contributed by atoms with Crippen LogP contribution in [-0.2, 0) is 16.0 Å². The molecule has 4 nitrogen and oxygen atoms in total. The Hall–Kier alpha value is -2.04. The number of morpholine rings is 1. The highest BCUT2D eigenvalue weighted by molar-refractivity contribution is 6.31. The van der Waals surface area contributed by atoms with Crippen LogP contribution >= 0.6 is 11.6 Å². The molecule has 0 saturated carbocycles. The number of amides is 1. The van der Waals surface area contributed by atoms with Gasteiger partial charge in [0, 0.05) is 16.3 Å². The van der Waals surface area contributed by atoms with Gasteiger partial charge in [-0.3, -0.25) is 4.79 Å². The molecule has 0 aromatic heterocycles. The van der Waals surface area contributed by atoms with Gasteiger partial charge in [-0.15, -0.1) is 0 Å². The highest BCUT2D eigenvalue weighted by Crippen LogP contribution is 2.30. The second-order valence-corrected chi connectivity index (χ2v) is 6.56. The van der Waals surface area contributed by atoms with Crippen LogP contribution in [0.2, 0.25) is 5.02 Å². The summed E-state index contributed by atoms with van der Waals surface area (Å²) in [6.07, 6.45) is 0.171. The minimum atomic E-state index is -0.190. The monoisotopic (exact) mass is 344 g/mol. The number of nitrogens with zero attached hydrogens (tertiary/aromatic N) is 1. The molecule has 1 amide bonds. The lowest BCUT2D eigenvalue weighted by Crippen LogP contribution is -2.48. The fourth-order valence-electron chi connectivity index (χ4n) is 2.94. The zero-order valence-corrected chi connectivity index (χ0v) is 14.4. The molecule has 2 unspecified atom stereocenters. The van der Waals surface area contributed by atoms with E-state index >= 15 is 0 Å². The molecule has 1 aliphatic rings. The first kappa shape index (κ1) is 16.8. The summed E-state index contributed by atoms with van der Waals surface area (Å²) in [6.45, 7) is 3.02. The number of benzene rings is 2. The molecule has 2 aromatic rings. The fraction of sp³-hybridized carbons (Fsp3) is 0.316. The van der Waals surface area contributed by atoms with Crippen LogP contribution in [-0.4, -0.2) is 30.0 Å². The third-order valence-corrected chi connectivity index (χ3v) is 4.68. The van der Waals surface area contributed by atoms with Crippen LogP contribution in [0.15, 0.2) is 48.5 Å². The lowest BCUT2D eigenvalue weighted by Gasteiger charge is -2.38. The Bertz CT molecular complexity index is 718. The SMILES string of the molecule is CC1COC(c2ccccc2Cl)CN1C(=O)Cc1ccc(N)cc1.